The van der Waals surface area contributed by atoms with Crippen molar-refractivity contribution in [1.82, 2.24) is 0 Å². The third-order valence-electron chi connectivity index (χ3n) is 1.59. The standard InChI is InChI=1S/C9H11ClO/c1-2-4-7-5-3-6-8(10)9(7)11/h3,5-6,11H,2,4H2,1H3. The lowest BCUT2D eigenvalue weighted by Gasteiger charge is -2.02. The molecule has 60 valence electrons. The van der Waals surface area contributed by atoms with E-state index < -0.39 is 0 Å². The number of phenolic OH excluding ortho intramolecular Hbond substituents is 1. The van der Waals surface area contributed by atoms with Crippen LogP contribution in [0.3, 0.4) is 0 Å². The Balaban J connectivity index is 2.96. The largest absolute Gasteiger partial charge is 0.506 e. The monoisotopic (exact) mass is 170 g/mol. The molecule has 0 unspecified atom stereocenters. The molecule has 0 aromatic heterocycles. The average molecular weight is 171 g/mol. The van der Waals surface area contributed by atoms with Crippen molar-refractivity contribution in [1.29, 1.82) is 0 Å². The maximum absolute atomic E-state index is 9.40. The number of hydrogen-bond donors (Lipinski definition) is 1. The lowest BCUT2D eigenvalue weighted by Crippen LogP contribution is -1.83. The normalized spacial score (nSPS) is 10.0. The first-order chi connectivity index (χ1) is 5.25. The molecule has 0 heterocycles. The van der Waals surface area contributed by atoms with Gasteiger partial charge in [0.1, 0.15) is 5.75 Å². The molecule has 1 rings (SSSR count). The van der Waals surface area contributed by atoms with E-state index in [-0.39, 0.29) is 5.75 Å². The van der Waals surface area contributed by atoms with E-state index >= 15 is 0 Å². The molecule has 0 fully saturated rings. The number of rotatable bonds is 2. The summed E-state index contributed by atoms with van der Waals surface area (Å²) < 4.78 is 0. The summed E-state index contributed by atoms with van der Waals surface area (Å²) in [7, 11) is 0. The molecular formula is C9H11ClO. The van der Waals surface area contributed by atoms with Gasteiger partial charge in [-0.25, -0.2) is 0 Å². The summed E-state index contributed by atoms with van der Waals surface area (Å²) in [5.41, 5.74) is 0.931. The van der Waals surface area contributed by atoms with Crippen LogP contribution in [-0.4, -0.2) is 5.11 Å². The predicted octanol–water partition coefficient (Wildman–Crippen LogP) is 3.00. The Kier molecular flexibility index (Phi) is 2.77. The van der Waals surface area contributed by atoms with Crippen LogP contribution in [0.2, 0.25) is 5.02 Å². The lowest BCUT2D eigenvalue weighted by molar-refractivity contribution is 0.468. The quantitative estimate of drug-likeness (QED) is 0.724. The number of aromatic hydroxyl groups is 1. The number of phenols is 1. The summed E-state index contributed by atoms with van der Waals surface area (Å²) in [5, 5.41) is 9.84. The van der Waals surface area contributed by atoms with Crippen LogP contribution in [0.25, 0.3) is 0 Å². The lowest BCUT2D eigenvalue weighted by atomic mass is 10.1. The molecule has 1 aromatic carbocycles. The van der Waals surface area contributed by atoms with Crippen molar-refractivity contribution in [2.75, 3.05) is 0 Å². The van der Waals surface area contributed by atoms with E-state index in [1.807, 2.05) is 12.1 Å². The van der Waals surface area contributed by atoms with Crippen LogP contribution in [0, 0.1) is 0 Å². The van der Waals surface area contributed by atoms with E-state index in [0.717, 1.165) is 18.4 Å². The topological polar surface area (TPSA) is 20.2 Å². The Morgan fingerprint density at radius 2 is 2.18 bits per heavy atom. The maximum Gasteiger partial charge on any atom is 0.137 e. The number of benzene rings is 1. The van der Waals surface area contributed by atoms with Crippen molar-refractivity contribution in [2.45, 2.75) is 19.8 Å². The van der Waals surface area contributed by atoms with Gasteiger partial charge >= 0.3 is 0 Å². The van der Waals surface area contributed by atoms with Gasteiger partial charge in [0.15, 0.2) is 0 Å². The highest BCUT2D eigenvalue weighted by molar-refractivity contribution is 6.32. The molecule has 0 saturated heterocycles. The highest BCUT2D eigenvalue weighted by Crippen LogP contribution is 2.27. The van der Waals surface area contributed by atoms with E-state index in [0.29, 0.717) is 5.02 Å². The van der Waals surface area contributed by atoms with E-state index in [4.69, 9.17) is 11.6 Å². The smallest absolute Gasteiger partial charge is 0.137 e. The van der Waals surface area contributed by atoms with Gasteiger partial charge in [0.25, 0.3) is 0 Å². The number of aryl methyl sites for hydroxylation is 1. The van der Waals surface area contributed by atoms with E-state index in [9.17, 15) is 5.11 Å². The zero-order valence-electron chi connectivity index (χ0n) is 6.47. The van der Waals surface area contributed by atoms with Crippen LogP contribution >= 0.6 is 11.6 Å². The predicted molar refractivity (Wildman–Crippen MR) is 47.1 cm³/mol. The summed E-state index contributed by atoms with van der Waals surface area (Å²) in [4.78, 5) is 0. The van der Waals surface area contributed by atoms with Crippen LogP contribution in [0.5, 0.6) is 5.75 Å². The highest BCUT2D eigenvalue weighted by Gasteiger charge is 2.02. The highest BCUT2D eigenvalue weighted by atomic mass is 35.5. The van der Waals surface area contributed by atoms with Crippen molar-refractivity contribution in [3.8, 4) is 5.75 Å². The molecular weight excluding hydrogens is 160 g/mol. The molecule has 0 aliphatic heterocycles. The Hall–Kier alpha value is -0.690. The minimum atomic E-state index is 0.232. The van der Waals surface area contributed by atoms with Crippen molar-refractivity contribution >= 4 is 11.6 Å². The summed E-state index contributed by atoms with van der Waals surface area (Å²) in [6.07, 6.45) is 1.90. The van der Waals surface area contributed by atoms with Crippen LogP contribution in [0.1, 0.15) is 18.9 Å². The molecule has 0 bridgehead atoms. The van der Waals surface area contributed by atoms with E-state index in [1.165, 1.54) is 0 Å². The molecule has 1 N–H and O–H groups in total. The van der Waals surface area contributed by atoms with Gasteiger partial charge in [-0.1, -0.05) is 37.1 Å². The number of halogens is 1. The minimum absolute atomic E-state index is 0.232. The minimum Gasteiger partial charge on any atom is -0.506 e. The van der Waals surface area contributed by atoms with Gasteiger partial charge in [0.2, 0.25) is 0 Å². The first kappa shape index (κ1) is 8.41. The Bertz CT molecular complexity index is 245. The van der Waals surface area contributed by atoms with Gasteiger partial charge < -0.3 is 5.11 Å². The first-order valence-corrected chi connectivity index (χ1v) is 4.10. The molecule has 1 aromatic rings. The van der Waals surface area contributed by atoms with Crippen molar-refractivity contribution in [3.05, 3.63) is 28.8 Å². The molecule has 0 amide bonds. The molecule has 2 heteroatoms. The van der Waals surface area contributed by atoms with Gasteiger partial charge in [0.05, 0.1) is 5.02 Å². The van der Waals surface area contributed by atoms with Crippen LogP contribution in [-0.2, 0) is 6.42 Å². The molecule has 0 aliphatic carbocycles. The fourth-order valence-corrected chi connectivity index (χ4v) is 1.23. The SMILES string of the molecule is CCCc1cccc(Cl)c1O. The summed E-state index contributed by atoms with van der Waals surface area (Å²) >= 11 is 5.70. The molecule has 0 spiro atoms. The second kappa shape index (κ2) is 3.63. The zero-order valence-corrected chi connectivity index (χ0v) is 7.23. The maximum atomic E-state index is 9.40. The summed E-state index contributed by atoms with van der Waals surface area (Å²) in [6.45, 7) is 2.07. The van der Waals surface area contributed by atoms with Gasteiger partial charge in [-0.3, -0.25) is 0 Å². The molecule has 0 radical (unpaired) electrons. The first-order valence-electron chi connectivity index (χ1n) is 3.72. The number of hydrogen-bond acceptors (Lipinski definition) is 1. The van der Waals surface area contributed by atoms with E-state index in [1.54, 1.807) is 6.07 Å². The second-order valence-corrected chi connectivity index (χ2v) is 2.90. The van der Waals surface area contributed by atoms with Gasteiger partial charge in [-0.05, 0) is 18.1 Å². The number of para-hydroxylation sites is 1. The molecule has 0 aliphatic rings. The summed E-state index contributed by atoms with van der Waals surface area (Å²) in [6, 6.07) is 5.44. The van der Waals surface area contributed by atoms with E-state index in [2.05, 4.69) is 6.92 Å². The molecule has 0 atom stereocenters. The summed E-state index contributed by atoms with van der Waals surface area (Å²) in [5.74, 6) is 0.232. The van der Waals surface area contributed by atoms with Crippen LogP contribution < -0.4 is 0 Å². The Morgan fingerprint density at radius 1 is 1.45 bits per heavy atom. The fraction of sp³-hybridized carbons (Fsp3) is 0.333. The third kappa shape index (κ3) is 1.87. The van der Waals surface area contributed by atoms with Crippen LogP contribution in [0.15, 0.2) is 18.2 Å². The van der Waals surface area contributed by atoms with Crippen molar-refractivity contribution in [2.24, 2.45) is 0 Å². The second-order valence-electron chi connectivity index (χ2n) is 2.50. The van der Waals surface area contributed by atoms with Crippen molar-refractivity contribution < 1.29 is 5.11 Å². The molecule has 1 nitrogen and oxygen atoms in total. The third-order valence-corrected chi connectivity index (χ3v) is 1.89. The van der Waals surface area contributed by atoms with Crippen molar-refractivity contribution in [3.63, 3.8) is 0 Å². The Labute approximate surface area is 71.6 Å². The van der Waals surface area contributed by atoms with Crippen LogP contribution in [0.4, 0.5) is 0 Å². The van der Waals surface area contributed by atoms with Gasteiger partial charge in [-0.2, -0.15) is 0 Å². The molecule has 0 saturated carbocycles. The van der Waals surface area contributed by atoms with Gasteiger partial charge in [-0.15, -0.1) is 0 Å². The average Bonchev–Trinajstić information content (AvgIpc) is 1.99. The fourth-order valence-electron chi connectivity index (χ4n) is 1.03. The Morgan fingerprint density at radius 3 is 2.82 bits per heavy atom. The van der Waals surface area contributed by atoms with Gasteiger partial charge in [0, 0.05) is 0 Å². The molecule has 11 heavy (non-hydrogen) atoms. The zero-order chi connectivity index (χ0) is 8.27.